The molecule has 0 saturated carbocycles. The van der Waals surface area contributed by atoms with Crippen LogP contribution in [0.4, 0.5) is 4.39 Å². The Balaban J connectivity index is 2.18. The van der Waals surface area contributed by atoms with E-state index in [4.69, 9.17) is 0 Å². The molecule has 0 bridgehead atoms. The summed E-state index contributed by atoms with van der Waals surface area (Å²) in [7, 11) is 1.34. The summed E-state index contributed by atoms with van der Waals surface area (Å²) in [5.41, 5.74) is 0.958. The number of rotatable bonds is 3. The summed E-state index contributed by atoms with van der Waals surface area (Å²) in [4.78, 5) is 12.9. The zero-order valence-corrected chi connectivity index (χ0v) is 10.5. The molecule has 2 rings (SSSR count). The number of carbonyl (C=O) groups is 1. The van der Waals surface area contributed by atoms with E-state index in [-0.39, 0.29) is 11.8 Å². The van der Waals surface area contributed by atoms with Crippen LogP contribution in [-0.2, 0) is 9.53 Å². The van der Waals surface area contributed by atoms with Gasteiger partial charge in [0.15, 0.2) is 0 Å². The van der Waals surface area contributed by atoms with Gasteiger partial charge in [-0.2, -0.15) is 0 Å². The largest absolute Gasteiger partial charge is 0.466 e. The van der Waals surface area contributed by atoms with Gasteiger partial charge in [0.2, 0.25) is 0 Å². The molecular formula is C14H11FO2S. The van der Waals surface area contributed by atoms with Crippen molar-refractivity contribution in [2.24, 2.45) is 0 Å². The summed E-state index contributed by atoms with van der Waals surface area (Å²) in [5, 5.41) is 0. The number of halogens is 1. The van der Waals surface area contributed by atoms with Gasteiger partial charge in [-0.1, -0.05) is 12.1 Å². The average Bonchev–Trinajstić information content (AvgIpc) is 2.85. The van der Waals surface area contributed by atoms with E-state index in [0.29, 0.717) is 0 Å². The van der Waals surface area contributed by atoms with Crippen molar-refractivity contribution in [3.8, 4) is 10.4 Å². The summed E-state index contributed by atoms with van der Waals surface area (Å²) >= 11 is 1.53. The third-order valence-corrected chi connectivity index (χ3v) is 3.44. The third kappa shape index (κ3) is 3.05. The lowest BCUT2D eigenvalue weighted by Crippen LogP contribution is -1.92. The number of carbonyl (C=O) groups excluding carboxylic acids is 1. The molecule has 92 valence electrons. The van der Waals surface area contributed by atoms with Crippen molar-refractivity contribution >= 4 is 23.4 Å². The van der Waals surface area contributed by atoms with Crippen molar-refractivity contribution in [1.82, 2.24) is 0 Å². The molecule has 0 spiro atoms. The van der Waals surface area contributed by atoms with Crippen LogP contribution < -0.4 is 0 Å². The van der Waals surface area contributed by atoms with Gasteiger partial charge in [0.25, 0.3) is 0 Å². The van der Waals surface area contributed by atoms with Gasteiger partial charge in [0, 0.05) is 15.8 Å². The molecule has 4 heteroatoms. The summed E-state index contributed by atoms with van der Waals surface area (Å²) in [6, 6.07) is 10.2. The minimum atomic E-state index is -0.383. The quantitative estimate of drug-likeness (QED) is 0.622. The second-order valence-corrected chi connectivity index (χ2v) is 4.68. The number of hydrogen-bond donors (Lipinski definition) is 0. The molecule has 0 aliphatic carbocycles. The predicted octanol–water partition coefficient (Wildman–Crippen LogP) is 3.74. The van der Waals surface area contributed by atoms with E-state index < -0.39 is 0 Å². The molecule has 0 amide bonds. The Morgan fingerprint density at radius 3 is 2.61 bits per heavy atom. The molecule has 0 N–H and O–H groups in total. The lowest BCUT2D eigenvalue weighted by Gasteiger charge is -1.95. The van der Waals surface area contributed by atoms with Gasteiger partial charge < -0.3 is 4.74 Å². The Bertz CT molecular complexity index is 570. The van der Waals surface area contributed by atoms with Crippen LogP contribution in [0.5, 0.6) is 0 Å². The fraction of sp³-hybridized carbons (Fsp3) is 0.0714. The summed E-state index contributed by atoms with van der Waals surface area (Å²) < 4.78 is 17.3. The van der Waals surface area contributed by atoms with Gasteiger partial charge >= 0.3 is 5.97 Å². The number of ether oxygens (including phenoxy) is 1. The molecule has 1 heterocycles. The maximum absolute atomic E-state index is 12.8. The van der Waals surface area contributed by atoms with E-state index in [1.165, 1.54) is 36.7 Å². The zero-order chi connectivity index (χ0) is 13.0. The zero-order valence-electron chi connectivity index (χ0n) is 9.72. The Hall–Kier alpha value is -1.94. The SMILES string of the molecule is COC(=O)/C=C/c1ccc(-c2ccc(F)cc2)s1. The smallest absolute Gasteiger partial charge is 0.330 e. The van der Waals surface area contributed by atoms with Crippen LogP contribution in [0.15, 0.2) is 42.5 Å². The first-order chi connectivity index (χ1) is 8.69. The van der Waals surface area contributed by atoms with Crippen LogP contribution in [0, 0.1) is 5.82 Å². The average molecular weight is 262 g/mol. The Labute approximate surface area is 108 Å². The predicted molar refractivity (Wildman–Crippen MR) is 70.8 cm³/mol. The van der Waals surface area contributed by atoms with E-state index in [0.717, 1.165) is 15.3 Å². The van der Waals surface area contributed by atoms with E-state index in [1.807, 2.05) is 12.1 Å². The second-order valence-electron chi connectivity index (χ2n) is 3.57. The molecule has 1 aromatic heterocycles. The van der Waals surface area contributed by atoms with Gasteiger partial charge in [-0.15, -0.1) is 11.3 Å². The molecule has 18 heavy (non-hydrogen) atoms. The van der Waals surface area contributed by atoms with Gasteiger partial charge in [0.1, 0.15) is 5.82 Å². The van der Waals surface area contributed by atoms with Crippen molar-refractivity contribution in [2.75, 3.05) is 7.11 Å². The molecule has 0 radical (unpaired) electrons. The van der Waals surface area contributed by atoms with Crippen LogP contribution in [0.2, 0.25) is 0 Å². The van der Waals surface area contributed by atoms with Crippen molar-refractivity contribution in [3.05, 3.63) is 53.2 Å². The van der Waals surface area contributed by atoms with Crippen molar-refractivity contribution in [1.29, 1.82) is 0 Å². The molecule has 2 nitrogen and oxygen atoms in total. The van der Waals surface area contributed by atoms with Crippen LogP contribution >= 0.6 is 11.3 Å². The van der Waals surface area contributed by atoms with Crippen LogP contribution in [-0.4, -0.2) is 13.1 Å². The number of hydrogen-bond acceptors (Lipinski definition) is 3. The molecule has 0 saturated heterocycles. The molecular weight excluding hydrogens is 251 g/mol. The normalized spacial score (nSPS) is 10.8. The monoisotopic (exact) mass is 262 g/mol. The number of esters is 1. The topological polar surface area (TPSA) is 26.3 Å². The molecule has 2 aromatic rings. The van der Waals surface area contributed by atoms with Crippen LogP contribution in [0.3, 0.4) is 0 Å². The minimum Gasteiger partial charge on any atom is -0.466 e. The van der Waals surface area contributed by atoms with E-state index in [1.54, 1.807) is 18.2 Å². The number of thiophene rings is 1. The van der Waals surface area contributed by atoms with E-state index in [9.17, 15) is 9.18 Å². The van der Waals surface area contributed by atoms with E-state index in [2.05, 4.69) is 4.74 Å². The molecule has 0 atom stereocenters. The highest BCUT2D eigenvalue weighted by Gasteiger charge is 2.02. The van der Waals surface area contributed by atoms with Crippen LogP contribution in [0.1, 0.15) is 4.88 Å². The standard InChI is InChI=1S/C14H11FO2S/c1-17-14(16)9-7-12-6-8-13(18-12)10-2-4-11(15)5-3-10/h2-9H,1H3/b9-7+. The molecule has 0 unspecified atom stereocenters. The third-order valence-electron chi connectivity index (χ3n) is 2.34. The highest BCUT2D eigenvalue weighted by atomic mass is 32.1. The highest BCUT2D eigenvalue weighted by Crippen LogP contribution is 2.28. The Morgan fingerprint density at radius 2 is 1.94 bits per heavy atom. The molecule has 0 aliphatic rings. The second kappa shape index (κ2) is 5.60. The highest BCUT2D eigenvalue weighted by molar-refractivity contribution is 7.16. The van der Waals surface area contributed by atoms with Gasteiger partial charge in [-0.3, -0.25) is 0 Å². The molecule has 0 fully saturated rings. The van der Waals surface area contributed by atoms with Crippen molar-refractivity contribution in [3.63, 3.8) is 0 Å². The molecule has 1 aromatic carbocycles. The van der Waals surface area contributed by atoms with Gasteiger partial charge in [-0.25, -0.2) is 9.18 Å². The summed E-state index contributed by atoms with van der Waals surface area (Å²) in [6.45, 7) is 0. The maximum atomic E-state index is 12.8. The number of benzene rings is 1. The van der Waals surface area contributed by atoms with Gasteiger partial charge in [-0.05, 0) is 35.9 Å². The number of methoxy groups -OCH3 is 1. The minimum absolute atomic E-state index is 0.249. The van der Waals surface area contributed by atoms with Crippen LogP contribution in [0.25, 0.3) is 16.5 Å². The van der Waals surface area contributed by atoms with Gasteiger partial charge in [0.05, 0.1) is 7.11 Å². The van der Waals surface area contributed by atoms with Crippen molar-refractivity contribution in [2.45, 2.75) is 0 Å². The first-order valence-electron chi connectivity index (χ1n) is 5.31. The van der Waals surface area contributed by atoms with Crippen molar-refractivity contribution < 1.29 is 13.9 Å². The molecule has 0 aliphatic heterocycles. The fourth-order valence-corrected chi connectivity index (χ4v) is 2.35. The maximum Gasteiger partial charge on any atom is 0.330 e. The first kappa shape index (κ1) is 12.5. The first-order valence-corrected chi connectivity index (χ1v) is 6.12. The summed E-state index contributed by atoms with van der Waals surface area (Å²) in [6.07, 6.45) is 3.07. The Kier molecular flexibility index (Phi) is 3.89. The lowest BCUT2D eigenvalue weighted by atomic mass is 10.2. The fourth-order valence-electron chi connectivity index (χ4n) is 1.43. The lowest BCUT2D eigenvalue weighted by molar-refractivity contribution is -0.134. The Morgan fingerprint density at radius 1 is 1.22 bits per heavy atom. The van der Waals surface area contributed by atoms with E-state index >= 15 is 0 Å². The summed E-state index contributed by atoms with van der Waals surface area (Å²) in [5.74, 6) is -0.632.